The van der Waals surface area contributed by atoms with Gasteiger partial charge in [-0.25, -0.2) is 0 Å². The van der Waals surface area contributed by atoms with Crippen LogP contribution in [0.15, 0.2) is 12.4 Å². The Morgan fingerprint density at radius 3 is 2.27 bits per heavy atom. The lowest BCUT2D eigenvalue weighted by molar-refractivity contribution is -0.127. The summed E-state index contributed by atoms with van der Waals surface area (Å²) in [5.41, 5.74) is 0.807. The standard InChI is InChI=1S/C10H16N2O.C2H6/c1-8-5-11-12(6-8)7-9(13)10(2,3)4;1-2/h5-6H,7H2,1-4H3;1-2H3. The molecule has 1 rings (SSSR count). The van der Waals surface area contributed by atoms with Crippen LogP contribution in [0, 0.1) is 12.3 Å². The van der Waals surface area contributed by atoms with Crippen molar-refractivity contribution in [1.29, 1.82) is 0 Å². The molecule has 0 aliphatic carbocycles. The number of carbonyl (C=O) groups is 1. The highest BCUT2D eigenvalue weighted by Crippen LogP contribution is 2.15. The van der Waals surface area contributed by atoms with Crippen molar-refractivity contribution in [2.45, 2.75) is 48.1 Å². The third kappa shape index (κ3) is 4.77. The number of nitrogens with zero attached hydrogens (tertiary/aromatic N) is 2. The molecular formula is C12H22N2O. The van der Waals surface area contributed by atoms with Crippen LogP contribution in [0.3, 0.4) is 0 Å². The van der Waals surface area contributed by atoms with Gasteiger partial charge in [-0.05, 0) is 12.5 Å². The molecule has 0 aromatic carbocycles. The molecule has 0 spiro atoms. The van der Waals surface area contributed by atoms with Crippen molar-refractivity contribution in [3.05, 3.63) is 18.0 Å². The number of hydrogen-bond donors (Lipinski definition) is 0. The van der Waals surface area contributed by atoms with Gasteiger partial charge in [-0.3, -0.25) is 9.48 Å². The third-order valence-electron chi connectivity index (χ3n) is 1.90. The number of carbonyl (C=O) groups excluding carboxylic acids is 1. The lowest BCUT2D eigenvalue weighted by Crippen LogP contribution is -2.25. The number of Topliss-reactive ketones (excluding diaryl/α,β-unsaturated/α-hetero) is 1. The van der Waals surface area contributed by atoms with E-state index in [1.807, 2.05) is 47.7 Å². The number of hydrogen-bond acceptors (Lipinski definition) is 2. The largest absolute Gasteiger partial charge is 0.297 e. The van der Waals surface area contributed by atoms with Crippen molar-refractivity contribution >= 4 is 5.78 Å². The quantitative estimate of drug-likeness (QED) is 0.752. The molecule has 0 aliphatic heterocycles. The van der Waals surface area contributed by atoms with Crippen LogP contribution < -0.4 is 0 Å². The van der Waals surface area contributed by atoms with Crippen molar-refractivity contribution < 1.29 is 4.79 Å². The molecule has 0 saturated carbocycles. The molecule has 0 N–H and O–H groups in total. The van der Waals surface area contributed by atoms with Gasteiger partial charge >= 0.3 is 0 Å². The molecule has 3 nitrogen and oxygen atoms in total. The molecule has 0 fully saturated rings. The predicted octanol–water partition coefficient (Wildman–Crippen LogP) is 2.83. The highest BCUT2D eigenvalue weighted by Gasteiger charge is 2.21. The van der Waals surface area contributed by atoms with E-state index < -0.39 is 0 Å². The molecule has 1 aromatic heterocycles. The van der Waals surface area contributed by atoms with Crippen LogP contribution in [-0.2, 0) is 11.3 Å². The van der Waals surface area contributed by atoms with Gasteiger partial charge in [0.2, 0.25) is 0 Å². The maximum Gasteiger partial charge on any atom is 0.159 e. The molecule has 1 aromatic rings. The van der Waals surface area contributed by atoms with Gasteiger partial charge in [0.25, 0.3) is 0 Å². The van der Waals surface area contributed by atoms with Gasteiger partial charge in [0, 0.05) is 11.6 Å². The van der Waals surface area contributed by atoms with Crippen LogP contribution in [-0.4, -0.2) is 15.6 Å². The van der Waals surface area contributed by atoms with Crippen LogP contribution in [0.5, 0.6) is 0 Å². The molecule has 1 heterocycles. The van der Waals surface area contributed by atoms with Gasteiger partial charge < -0.3 is 0 Å². The first-order valence-electron chi connectivity index (χ1n) is 5.42. The molecule has 15 heavy (non-hydrogen) atoms. The summed E-state index contributed by atoms with van der Waals surface area (Å²) in [6, 6.07) is 0. The van der Waals surface area contributed by atoms with Crippen LogP contribution in [0.4, 0.5) is 0 Å². The number of ketones is 1. The highest BCUT2D eigenvalue weighted by molar-refractivity contribution is 5.83. The molecule has 0 radical (unpaired) electrons. The summed E-state index contributed by atoms with van der Waals surface area (Å²) in [5, 5.41) is 4.07. The van der Waals surface area contributed by atoms with E-state index in [2.05, 4.69) is 5.10 Å². The predicted molar refractivity (Wildman–Crippen MR) is 62.8 cm³/mol. The maximum atomic E-state index is 11.6. The summed E-state index contributed by atoms with van der Waals surface area (Å²) in [6.07, 6.45) is 3.64. The van der Waals surface area contributed by atoms with Gasteiger partial charge in [-0.2, -0.15) is 5.10 Å². The van der Waals surface area contributed by atoms with Gasteiger partial charge in [0.15, 0.2) is 5.78 Å². The van der Waals surface area contributed by atoms with Crippen molar-refractivity contribution in [2.75, 3.05) is 0 Å². The summed E-state index contributed by atoms with van der Waals surface area (Å²) in [4.78, 5) is 11.6. The monoisotopic (exact) mass is 210 g/mol. The SMILES string of the molecule is CC.Cc1cnn(CC(=O)C(C)(C)C)c1. The second-order valence-electron chi connectivity index (χ2n) is 4.39. The number of rotatable bonds is 2. The van der Waals surface area contributed by atoms with Gasteiger partial charge in [0.1, 0.15) is 0 Å². The Bertz CT molecular complexity index is 308. The average molecular weight is 210 g/mol. The first kappa shape index (κ1) is 13.9. The lowest BCUT2D eigenvalue weighted by Gasteiger charge is -2.15. The second-order valence-corrected chi connectivity index (χ2v) is 4.39. The third-order valence-corrected chi connectivity index (χ3v) is 1.90. The van der Waals surface area contributed by atoms with E-state index in [0.29, 0.717) is 6.54 Å². The van der Waals surface area contributed by atoms with Crippen molar-refractivity contribution in [3.8, 4) is 0 Å². The molecule has 3 heteroatoms. The summed E-state index contributed by atoms with van der Waals surface area (Å²) in [5.74, 6) is 0.204. The zero-order chi connectivity index (χ0) is 12.1. The van der Waals surface area contributed by atoms with E-state index in [9.17, 15) is 4.79 Å². The van der Waals surface area contributed by atoms with E-state index >= 15 is 0 Å². The zero-order valence-electron chi connectivity index (χ0n) is 10.7. The molecule has 0 aliphatic rings. The fourth-order valence-corrected chi connectivity index (χ4v) is 0.938. The van der Waals surface area contributed by atoms with E-state index in [-0.39, 0.29) is 11.2 Å². The Labute approximate surface area is 92.5 Å². The lowest BCUT2D eigenvalue weighted by atomic mass is 9.91. The first-order chi connectivity index (χ1) is 6.89. The van der Waals surface area contributed by atoms with Gasteiger partial charge in [-0.15, -0.1) is 0 Å². The number of aromatic nitrogens is 2. The van der Waals surface area contributed by atoms with E-state index in [0.717, 1.165) is 5.56 Å². The molecule has 0 atom stereocenters. The van der Waals surface area contributed by atoms with Crippen LogP contribution in [0.1, 0.15) is 40.2 Å². The maximum absolute atomic E-state index is 11.6. The number of aryl methyl sites for hydroxylation is 1. The fraction of sp³-hybridized carbons (Fsp3) is 0.667. The van der Waals surface area contributed by atoms with Crippen molar-refractivity contribution in [2.24, 2.45) is 5.41 Å². The van der Waals surface area contributed by atoms with Crippen LogP contribution in [0.2, 0.25) is 0 Å². The Morgan fingerprint density at radius 1 is 1.40 bits per heavy atom. The van der Waals surface area contributed by atoms with Crippen molar-refractivity contribution in [1.82, 2.24) is 9.78 Å². The molecule has 86 valence electrons. The molecular weight excluding hydrogens is 188 g/mol. The Morgan fingerprint density at radius 2 is 1.93 bits per heavy atom. The van der Waals surface area contributed by atoms with E-state index in [4.69, 9.17) is 0 Å². The molecule has 0 amide bonds. The summed E-state index contributed by atoms with van der Waals surface area (Å²) < 4.78 is 1.68. The molecule has 0 bridgehead atoms. The molecule has 0 saturated heterocycles. The fourth-order valence-electron chi connectivity index (χ4n) is 0.938. The summed E-state index contributed by atoms with van der Waals surface area (Å²) in [6.45, 7) is 12.1. The van der Waals surface area contributed by atoms with Gasteiger partial charge in [-0.1, -0.05) is 34.6 Å². The van der Waals surface area contributed by atoms with Gasteiger partial charge in [0.05, 0.1) is 12.7 Å². The Hall–Kier alpha value is -1.12. The Kier molecular flexibility index (Phi) is 5.26. The van der Waals surface area contributed by atoms with E-state index in [1.54, 1.807) is 10.9 Å². The summed E-state index contributed by atoms with van der Waals surface area (Å²) in [7, 11) is 0. The minimum absolute atomic E-state index is 0.204. The summed E-state index contributed by atoms with van der Waals surface area (Å²) >= 11 is 0. The van der Waals surface area contributed by atoms with E-state index in [1.165, 1.54) is 0 Å². The highest BCUT2D eigenvalue weighted by atomic mass is 16.1. The van der Waals surface area contributed by atoms with Crippen LogP contribution in [0.25, 0.3) is 0 Å². The average Bonchev–Trinajstić information content (AvgIpc) is 2.53. The normalized spacial score (nSPS) is 10.5. The molecule has 0 unspecified atom stereocenters. The Balaban J connectivity index is 0.000000921. The minimum Gasteiger partial charge on any atom is -0.297 e. The zero-order valence-corrected chi connectivity index (χ0v) is 10.7. The smallest absolute Gasteiger partial charge is 0.159 e. The topological polar surface area (TPSA) is 34.9 Å². The second kappa shape index (κ2) is 5.69. The van der Waals surface area contributed by atoms with Crippen LogP contribution >= 0.6 is 0 Å². The van der Waals surface area contributed by atoms with Crippen molar-refractivity contribution in [3.63, 3.8) is 0 Å². The minimum atomic E-state index is -0.278. The first-order valence-corrected chi connectivity index (χ1v) is 5.42.